The van der Waals surface area contributed by atoms with E-state index in [2.05, 4.69) is 51.9 Å². The number of fused-ring (bicyclic) bond motifs is 1. The standard InChI is InChI=1S/C26H22BrN3O2/c1-16-10-22-23(11-17(16)2)30-26(29-22)20(14-28)12-19-6-9-24(25(13-19)31-3)32-15-18-4-7-21(27)8-5-18/h4-13H,15H2,1-3H3,(H,29,30)/b20-12-. The van der Waals surface area contributed by atoms with Gasteiger partial charge in [0.05, 0.1) is 23.7 Å². The Morgan fingerprint density at radius 1 is 1.06 bits per heavy atom. The number of aromatic amines is 1. The highest BCUT2D eigenvalue weighted by molar-refractivity contribution is 9.10. The van der Waals surface area contributed by atoms with Crippen LogP contribution in [0.2, 0.25) is 0 Å². The van der Waals surface area contributed by atoms with Gasteiger partial charge >= 0.3 is 0 Å². The lowest BCUT2D eigenvalue weighted by Crippen LogP contribution is -1.98. The summed E-state index contributed by atoms with van der Waals surface area (Å²) < 4.78 is 12.5. The van der Waals surface area contributed by atoms with Gasteiger partial charge in [-0.15, -0.1) is 0 Å². The van der Waals surface area contributed by atoms with Gasteiger partial charge in [-0.3, -0.25) is 0 Å². The summed E-state index contributed by atoms with van der Waals surface area (Å²) in [6, 6.07) is 19.9. The number of halogens is 1. The zero-order valence-electron chi connectivity index (χ0n) is 18.1. The van der Waals surface area contributed by atoms with Crippen LogP contribution in [0.4, 0.5) is 0 Å². The quantitative estimate of drug-likeness (QED) is 0.311. The van der Waals surface area contributed by atoms with Crippen molar-refractivity contribution in [2.45, 2.75) is 20.5 Å². The first-order valence-corrected chi connectivity index (χ1v) is 10.9. The van der Waals surface area contributed by atoms with E-state index in [0.29, 0.717) is 29.5 Å². The number of methoxy groups -OCH3 is 1. The van der Waals surface area contributed by atoms with Gasteiger partial charge in [0.15, 0.2) is 11.5 Å². The summed E-state index contributed by atoms with van der Waals surface area (Å²) >= 11 is 3.43. The SMILES string of the molecule is COc1cc(/C=C(/C#N)c2nc3cc(C)c(C)cc3[nH]2)ccc1OCc1ccc(Br)cc1. The summed E-state index contributed by atoms with van der Waals surface area (Å²) in [5.41, 5.74) is 6.43. The lowest BCUT2D eigenvalue weighted by atomic mass is 10.1. The van der Waals surface area contributed by atoms with Crippen LogP contribution in [0, 0.1) is 25.2 Å². The summed E-state index contributed by atoms with van der Waals surface area (Å²) in [6.07, 6.45) is 1.79. The Hall–Kier alpha value is -3.56. The molecule has 1 aromatic heterocycles. The number of imidazole rings is 1. The molecule has 32 heavy (non-hydrogen) atoms. The molecule has 0 aliphatic heterocycles. The van der Waals surface area contributed by atoms with E-state index in [4.69, 9.17) is 9.47 Å². The predicted molar refractivity (Wildman–Crippen MR) is 131 cm³/mol. The number of rotatable bonds is 6. The molecule has 0 spiro atoms. The third kappa shape index (κ3) is 4.68. The Morgan fingerprint density at radius 2 is 1.81 bits per heavy atom. The first kappa shape index (κ1) is 21.7. The molecule has 5 nitrogen and oxygen atoms in total. The van der Waals surface area contributed by atoms with Crippen molar-refractivity contribution in [3.8, 4) is 17.6 Å². The van der Waals surface area contributed by atoms with Crippen LogP contribution in [-0.4, -0.2) is 17.1 Å². The number of nitrogens with zero attached hydrogens (tertiary/aromatic N) is 2. The van der Waals surface area contributed by atoms with Crippen LogP contribution in [0.5, 0.6) is 11.5 Å². The first-order valence-electron chi connectivity index (χ1n) is 10.1. The van der Waals surface area contributed by atoms with Gasteiger partial charge in [-0.25, -0.2) is 4.98 Å². The monoisotopic (exact) mass is 487 g/mol. The van der Waals surface area contributed by atoms with Gasteiger partial charge in [0.2, 0.25) is 0 Å². The van der Waals surface area contributed by atoms with Crippen LogP contribution in [-0.2, 0) is 6.61 Å². The lowest BCUT2D eigenvalue weighted by molar-refractivity contribution is 0.284. The van der Waals surface area contributed by atoms with Gasteiger partial charge in [-0.05, 0) is 78.6 Å². The molecule has 0 unspecified atom stereocenters. The van der Waals surface area contributed by atoms with Crippen molar-refractivity contribution in [3.63, 3.8) is 0 Å². The van der Waals surface area contributed by atoms with E-state index < -0.39 is 0 Å². The molecule has 160 valence electrons. The Bertz CT molecular complexity index is 1310. The molecular weight excluding hydrogens is 466 g/mol. The molecule has 1 N–H and O–H groups in total. The molecule has 0 atom stereocenters. The van der Waals surface area contributed by atoms with Gasteiger partial charge in [0, 0.05) is 4.47 Å². The maximum Gasteiger partial charge on any atom is 0.161 e. The lowest BCUT2D eigenvalue weighted by Gasteiger charge is -2.11. The molecule has 0 saturated heterocycles. The molecular formula is C26H22BrN3O2. The van der Waals surface area contributed by atoms with E-state index in [9.17, 15) is 5.26 Å². The number of aryl methyl sites for hydroxylation is 2. The number of hydrogen-bond donors (Lipinski definition) is 1. The fourth-order valence-corrected chi connectivity index (χ4v) is 3.62. The van der Waals surface area contributed by atoms with Crippen LogP contribution in [0.1, 0.15) is 28.1 Å². The highest BCUT2D eigenvalue weighted by Gasteiger charge is 2.11. The highest BCUT2D eigenvalue weighted by Crippen LogP contribution is 2.31. The molecule has 4 rings (SSSR count). The van der Waals surface area contributed by atoms with Crippen LogP contribution in [0.15, 0.2) is 59.1 Å². The van der Waals surface area contributed by atoms with Crippen LogP contribution in [0.25, 0.3) is 22.7 Å². The molecule has 6 heteroatoms. The second-order valence-electron chi connectivity index (χ2n) is 7.53. The smallest absolute Gasteiger partial charge is 0.161 e. The topological polar surface area (TPSA) is 70.9 Å². The Morgan fingerprint density at radius 3 is 2.53 bits per heavy atom. The largest absolute Gasteiger partial charge is 0.493 e. The number of allylic oxidation sites excluding steroid dienone is 1. The molecule has 4 aromatic rings. The van der Waals surface area contributed by atoms with Gasteiger partial charge in [0.25, 0.3) is 0 Å². The minimum Gasteiger partial charge on any atom is -0.493 e. The van der Waals surface area contributed by atoms with E-state index in [-0.39, 0.29) is 0 Å². The van der Waals surface area contributed by atoms with Gasteiger partial charge in [-0.2, -0.15) is 5.26 Å². The molecule has 0 aliphatic carbocycles. The van der Waals surface area contributed by atoms with E-state index in [1.165, 1.54) is 11.1 Å². The molecule has 0 bridgehead atoms. The maximum atomic E-state index is 9.75. The van der Waals surface area contributed by atoms with Crippen LogP contribution < -0.4 is 9.47 Å². The Labute approximate surface area is 195 Å². The Kier molecular flexibility index (Phi) is 6.29. The van der Waals surface area contributed by atoms with Gasteiger partial charge < -0.3 is 14.5 Å². The maximum absolute atomic E-state index is 9.75. The van der Waals surface area contributed by atoms with Crippen molar-refractivity contribution in [2.24, 2.45) is 0 Å². The zero-order chi connectivity index (χ0) is 22.7. The number of nitriles is 1. The molecule has 0 fully saturated rings. The van der Waals surface area contributed by atoms with Crippen molar-refractivity contribution < 1.29 is 9.47 Å². The van der Waals surface area contributed by atoms with E-state index >= 15 is 0 Å². The zero-order valence-corrected chi connectivity index (χ0v) is 19.7. The van der Waals surface area contributed by atoms with Gasteiger partial charge in [0.1, 0.15) is 18.5 Å². The molecule has 0 saturated carbocycles. The van der Waals surface area contributed by atoms with Gasteiger partial charge in [-0.1, -0.05) is 34.1 Å². The van der Waals surface area contributed by atoms with E-state index in [1.807, 2.05) is 48.5 Å². The minimum absolute atomic E-state index is 0.431. The summed E-state index contributed by atoms with van der Waals surface area (Å²) in [4.78, 5) is 7.86. The molecule has 0 radical (unpaired) electrons. The van der Waals surface area contributed by atoms with Crippen molar-refractivity contribution in [1.29, 1.82) is 5.26 Å². The number of benzene rings is 3. The molecule has 0 aliphatic rings. The van der Waals surface area contributed by atoms with E-state index in [1.54, 1.807) is 13.2 Å². The first-order chi connectivity index (χ1) is 15.5. The number of nitrogens with one attached hydrogen (secondary N) is 1. The molecule has 3 aromatic carbocycles. The normalized spacial score (nSPS) is 11.4. The fourth-order valence-electron chi connectivity index (χ4n) is 3.35. The number of hydrogen-bond acceptors (Lipinski definition) is 4. The van der Waals surface area contributed by atoms with Crippen LogP contribution in [0.3, 0.4) is 0 Å². The average molecular weight is 488 g/mol. The minimum atomic E-state index is 0.431. The summed E-state index contributed by atoms with van der Waals surface area (Å²) in [5.74, 6) is 1.78. The molecule has 0 amide bonds. The second kappa shape index (κ2) is 9.29. The third-order valence-corrected chi connectivity index (χ3v) is 5.81. The van der Waals surface area contributed by atoms with Crippen molar-refractivity contribution >= 4 is 38.6 Å². The van der Waals surface area contributed by atoms with Crippen LogP contribution >= 0.6 is 15.9 Å². The molecule has 1 heterocycles. The fraction of sp³-hybridized carbons (Fsp3) is 0.154. The highest BCUT2D eigenvalue weighted by atomic mass is 79.9. The average Bonchev–Trinajstić information content (AvgIpc) is 3.20. The van der Waals surface area contributed by atoms with Crippen molar-refractivity contribution in [2.75, 3.05) is 7.11 Å². The van der Waals surface area contributed by atoms with E-state index in [0.717, 1.165) is 26.6 Å². The van der Waals surface area contributed by atoms with Crippen molar-refractivity contribution in [3.05, 3.63) is 87.1 Å². The number of aromatic nitrogens is 2. The third-order valence-electron chi connectivity index (χ3n) is 5.28. The predicted octanol–water partition coefficient (Wildman–Crippen LogP) is 6.59. The number of H-pyrrole nitrogens is 1. The summed E-state index contributed by atoms with van der Waals surface area (Å²) in [7, 11) is 1.60. The summed E-state index contributed by atoms with van der Waals surface area (Å²) in [6.45, 7) is 4.54. The summed E-state index contributed by atoms with van der Waals surface area (Å²) in [5, 5.41) is 9.75. The van der Waals surface area contributed by atoms with Crippen molar-refractivity contribution in [1.82, 2.24) is 9.97 Å². The Balaban J connectivity index is 1.59. The number of ether oxygens (including phenoxy) is 2. The second-order valence-corrected chi connectivity index (χ2v) is 8.45.